The molecule has 0 aliphatic rings. The van der Waals surface area contributed by atoms with Crippen molar-refractivity contribution >= 4 is 46.8 Å². The number of halogens is 3. The average molecular weight is 387 g/mol. The minimum Gasteiger partial charge on any atom is -0.272 e. The molecule has 0 saturated carbocycles. The van der Waals surface area contributed by atoms with Gasteiger partial charge in [-0.05, 0) is 29.8 Å². The van der Waals surface area contributed by atoms with Crippen molar-refractivity contribution in [3.63, 3.8) is 0 Å². The van der Waals surface area contributed by atoms with Crippen LogP contribution in [0.5, 0.6) is 0 Å². The van der Waals surface area contributed by atoms with Crippen molar-refractivity contribution in [2.24, 2.45) is 0 Å². The minimum absolute atomic E-state index is 0.123. The molecule has 2 aromatic rings. The molecule has 0 aromatic heterocycles. The van der Waals surface area contributed by atoms with Crippen molar-refractivity contribution in [3.05, 3.63) is 69.5 Å². The van der Waals surface area contributed by atoms with E-state index in [0.717, 1.165) is 5.56 Å². The zero-order valence-corrected chi connectivity index (χ0v) is 14.6. The molecule has 2 aromatic carbocycles. The number of hydrogen-bond acceptors (Lipinski definition) is 3. The maximum Gasteiger partial charge on any atom is 0.272 e. The molecule has 0 atom stereocenters. The Hall–Kier alpha value is -1.76. The van der Waals surface area contributed by atoms with Crippen LogP contribution >= 0.6 is 35.0 Å². The molecule has 0 bridgehead atoms. The summed E-state index contributed by atoms with van der Waals surface area (Å²) in [5.41, 5.74) is 5.21. The van der Waals surface area contributed by atoms with Crippen LogP contribution in [0, 0.1) is 5.82 Å². The molecule has 0 aliphatic heterocycles. The summed E-state index contributed by atoms with van der Waals surface area (Å²) < 4.78 is 13.4. The molecule has 0 saturated heterocycles. The fraction of sp³-hybridized carbons (Fsp3) is 0.125. The van der Waals surface area contributed by atoms with Gasteiger partial charge in [-0.2, -0.15) is 0 Å². The van der Waals surface area contributed by atoms with Crippen LogP contribution in [0.4, 0.5) is 4.39 Å². The van der Waals surface area contributed by atoms with Crippen LogP contribution in [0.15, 0.2) is 42.5 Å². The van der Waals surface area contributed by atoms with Crippen molar-refractivity contribution in [1.82, 2.24) is 10.9 Å². The van der Waals surface area contributed by atoms with Crippen LogP contribution in [-0.2, 0) is 10.5 Å². The van der Waals surface area contributed by atoms with Crippen LogP contribution in [0.1, 0.15) is 15.9 Å². The summed E-state index contributed by atoms with van der Waals surface area (Å²) in [5, 5.41) is 0.926. The second kappa shape index (κ2) is 8.92. The highest BCUT2D eigenvalue weighted by Gasteiger charge is 2.11. The first-order valence-electron chi connectivity index (χ1n) is 6.83. The highest BCUT2D eigenvalue weighted by molar-refractivity contribution is 7.99. The van der Waals surface area contributed by atoms with Gasteiger partial charge in [-0.3, -0.25) is 20.4 Å². The Bertz CT molecular complexity index is 759. The summed E-state index contributed by atoms with van der Waals surface area (Å²) in [7, 11) is 0. The third-order valence-electron chi connectivity index (χ3n) is 2.92. The molecule has 2 N–H and O–H groups in total. The Balaban J connectivity index is 1.74. The molecule has 0 heterocycles. The molecule has 0 radical (unpaired) electrons. The van der Waals surface area contributed by atoms with Gasteiger partial charge in [-0.25, -0.2) is 4.39 Å². The summed E-state index contributed by atoms with van der Waals surface area (Å²) in [4.78, 5) is 23.4. The van der Waals surface area contributed by atoms with Crippen LogP contribution < -0.4 is 10.9 Å². The van der Waals surface area contributed by atoms with Gasteiger partial charge in [0, 0.05) is 5.75 Å². The summed E-state index contributed by atoms with van der Waals surface area (Å²) >= 11 is 13.1. The van der Waals surface area contributed by atoms with E-state index in [9.17, 15) is 14.0 Å². The molecule has 8 heteroatoms. The van der Waals surface area contributed by atoms with Crippen molar-refractivity contribution in [3.8, 4) is 0 Å². The summed E-state index contributed by atoms with van der Waals surface area (Å²) in [5.74, 6) is -1.08. The highest BCUT2D eigenvalue weighted by Crippen LogP contribution is 2.24. The van der Waals surface area contributed by atoms with E-state index in [1.165, 1.54) is 36.0 Å². The molecular formula is C16H13Cl2FN2O2S. The molecular weight excluding hydrogens is 374 g/mol. The van der Waals surface area contributed by atoms with Gasteiger partial charge in [-0.15, -0.1) is 11.8 Å². The lowest BCUT2D eigenvalue weighted by Gasteiger charge is -2.08. The number of rotatable bonds is 5. The lowest BCUT2D eigenvalue weighted by atomic mass is 10.2. The van der Waals surface area contributed by atoms with E-state index in [-0.39, 0.29) is 11.3 Å². The van der Waals surface area contributed by atoms with Gasteiger partial charge in [0.15, 0.2) is 0 Å². The monoisotopic (exact) mass is 386 g/mol. The van der Waals surface area contributed by atoms with E-state index in [2.05, 4.69) is 10.9 Å². The van der Waals surface area contributed by atoms with E-state index in [1.54, 1.807) is 12.1 Å². The number of nitrogens with one attached hydrogen (secondary N) is 2. The lowest BCUT2D eigenvalue weighted by Crippen LogP contribution is -2.42. The first kappa shape index (κ1) is 18.6. The smallest absolute Gasteiger partial charge is 0.272 e. The number of hydrazine groups is 1. The van der Waals surface area contributed by atoms with Crippen molar-refractivity contribution in [2.45, 2.75) is 5.75 Å². The molecule has 2 amide bonds. The summed E-state index contributed by atoms with van der Waals surface area (Å²) in [6.45, 7) is 0. The van der Waals surface area contributed by atoms with Crippen LogP contribution in [-0.4, -0.2) is 17.6 Å². The topological polar surface area (TPSA) is 58.2 Å². The molecule has 126 valence electrons. The standard InChI is InChI=1S/C16H13Cl2FN2O2S/c17-12-6-5-10(7-13(12)18)8-24-9-15(22)20-21-16(23)11-3-1-2-4-14(11)19/h1-7H,8-9H2,(H,20,22)(H,21,23). The van der Waals surface area contributed by atoms with Gasteiger partial charge in [0.05, 0.1) is 21.4 Å². The zero-order valence-electron chi connectivity index (χ0n) is 12.3. The molecule has 4 nitrogen and oxygen atoms in total. The number of amides is 2. The predicted octanol–water partition coefficient (Wildman–Crippen LogP) is 3.83. The first-order chi connectivity index (χ1) is 11.5. The van der Waals surface area contributed by atoms with E-state index in [4.69, 9.17) is 23.2 Å². The third kappa shape index (κ3) is 5.40. The Morgan fingerprint density at radius 3 is 2.50 bits per heavy atom. The Morgan fingerprint density at radius 2 is 1.79 bits per heavy atom. The number of carbonyl (C=O) groups excluding carboxylic acids is 2. The largest absolute Gasteiger partial charge is 0.272 e. The van der Waals surface area contributed by atoms with E-state index >= 15 is 0 Å². The molecule has 24 heavy (non-hydrogen) atoms. The minimum atomic E-state index is -0.712. The maximum atomic E-state index is 13.4. The SMILES string of the molecule is O=C(CSCc1ccc(Cl)c(Cl)c1)NNC(=O)c1ccccc1F. The average Bonchev–Trinajstić information content (AvgIpc) is 2.56. The number of carbonyl (C=O) groups is 2. The third-order valence-corrected chi connectivity index (χ3v) is 4.66. The Kier molecular flexibility index (Phi) is 6.90. The van der Waals surface area contributed by atoms with E-state index in [0.29, 0.717) is 15.8 Å². The normalized spacial score (nSPS) is 10.3. The number of benzene rings is 2. The molecule has 0 unspecified atom stereocenters. The Morgan fingerprint density at radius 1 is 1.04 bits per heavy atom. The van der Waals surface area contributed by atoms with Gasteiger partial charge in [-0.1, -0.05) is 41.4 Å². The van der Waals surface area contributed by atoms with Gasteiger partial charge in [0.2, 0.25) is 5.91 Å². The fourth-order valence-corrected chi connectivity index (χ4v) is 2.86. The quantitative estimate of drug-likeness (QED) is 0.767. The second-order valence-corrected chi connectivity index (χ2v) is 6.52. The van der Waals surface area contributed by atoms with Gasteiger partial charge >= 0.3 is 0 Å². The van der Waals surface area contributed by atoms with Crippen molar-refractivity contribution in [1.29, 1.82) is 0 Å². The summed E-state index contributed by atoms with van der Waals surface area (Å²) in [6, 6.07) is 10.7. The van der Waals surface area contributed by atoms with Crippen molar-refractivity contribution in [2.75, 3.05) is 5.75 Å². The van der Waals surface area contributed by atoms with E-state index in [1.807, 2.05) is 6.07 Å². The highest BCUT2D eigenvalue weighted by atomic mass is 35.5. The lowest BCUT2D eigenvalue weighted by molar-refractivity contribution is -0.119. The first-order valence-corrected chi connectivity index (χ1v) is 8.74. The van der Waals surface area contributed by atoms with Crippen LogP contribution in [0.3, 0.4) is 0 Å². The van der Waals surface area contributed by atoms with Crippen LogP contribution in [0.25, 0.3) is 0 Å². The van der Waals surface area contributed by atoms with Gasteiger partial charge in [0.25, 0.3) is 5.91 Å². The number of thioether (sulfide) groups is 1. The molecule has 0 fully saturated rings. The van der Waals surface area contributed by atoms with Crippen LogP contribution in [0.2, 0.25) is 10.0 Å². The molecule has 0 aliphatic carbocycles. The zero-order chi connectivity index (χ0) is 17.5. The molecule has 0 spiro atoms. The number of hydrogen-bond donors (Lipinski definition) is 2. The summed E-state index contributed by atoms with van der Waals surface area (Å²) in [6.07, 6.45) is 0. The second-order valence-electron chi connectivity index (χ2n) is 4.72. The van der Waals surface area contributed by atoms with Crippen molar-refractivity contribution < 1.29 is 14.0 Å². The molecule has 2 rings (SSSR count). The van der Waals surface area contributed by atoms with Gasteiger partial charge < -0.3 is 0 Å². The maximum absolute atomic E-state index is 13.4. The van der Waals surface area contributed by atoms with E-state index < -0.39 is 17.6 Å². The van der Waals surface area contributed by atoms with Gasteiger partial charge in [0.1, 0.15) is 5.82 Å². The predicted molar refractivity (Wildman–Crippen MR) is 94.6 cm³/mol. The fourth-order valence-electron chi connectivity index (χ4n) is 1.77. The Labute approximate surface area is 152 Å².